The third kappa shape index (κ3) is 3.23. The Kier molecular flexibility index (Phi) is 4.17. The van der Waals surface area contributed by atoms with Crippen LogP contribution in [0.2, 0.25) is 0 Å². The monoisotopic (exact) mass is 249 g/mol. The predicted molar refractivity (Wildman–Crippen MR) is 63.8 cm³/mol. The summed E-state index contributed by atoms with van der Waals surface area (Å²) >= 11 is 0. The van der Waals surface area contributed by atoms with Gasteiger partial charge in [-0.2, -0.15) is 0 Å². The quantitative estimate of drug-likeness (QED) is 0.760. The fraction of sp³-hybridized carbons (Fsp3) is 0.385. The molecule has 96 valence electrons. The second kappa shape index (κ2) is 6.05. The standard InChI is InChI=1S/C13H15NO4/c15-10-18-12-6-7-14(8-12)13(16)17-9-11-4-2-1-3-5-11/h1-5,10,12H,6-9H2/t12-/m0/s1. The van der Waals surface area contributed by atoms with Crippen LogP contribution in [0.5, 0.6) is 0 Å². The van der Waals surface area contributed by atoms with Gasteiger partial charge in [0.05, 0.1) is 6.54 Å². The Balaban J connectivity index is 1.77. The van der Waals surface area contributed by atoms with Gasteiger partial charge < -0.3 is 14.4 Å². The third-order valence-corrected chi connectivity index (χ3v) is 2.86. The number of hydrogen-bond acceptors (Lipinski definition) is 4. The maximum absolute atomic E-state index is 11.7. The lowest BCUT2D eigenvalue weighted by Crippen LogP contribution is -2.30. The van der Waals surface area contributed by atoms with Gasteiger partial charge in [-0.25, -0.2) is 4.79 Å². The molecule has 18 heavy (non-hydrogen) atoms. The van der Waals surface area contributed by atoms with E-state index < -0.39 is 0 Å². The molecule has 1 heterocycles. The number of carbonyl (C=O) groups excluding carboxylic acids is 2. The van der Waals surface area contributed by atoms with Gasteiger partial charge in [0.15, 0.2) is 0 Å². The van der Waals surface area contributed by atoms with Crippen molar-refractivity contribution < 1.29 is 19.1 Å². The van der Waals surface area contributed by atoms with Crippen molar-refractivity contribution in [2.75, 3.05) is 13.1 Å². The summed E-state index contributed by atoms with van der Waals surface area (Å²) in [6, 6.07) is 9.50. The molecule has 1 saturated heterocycles. The van der Waals surface area contributed by atoms with Crippen molar-refractivity contribution in [2.24, 2.45) is 0 Å². The molecule has 0 saturated carbocycles. The van der Waals surface area contributed by atoms with Crippen molar-refractivity contribution in [3.8, 4) is 0 Å². The van der Waals surface area contributed by atoms with Crippen LogP contribution in [-0.2, 0) is 20.9 Å². The molecule has 0 N–H and O–H groups in total. The summed E-state index contributed by atoms with van der Waals surface area (Å²) in [6.07, 6.45) is 0.0988. The number of likely N-dealkylation sites (tertiary alicyclic amines) is 1. The highest BCUT2D eigenvalue weighted by Crippen LogP contribution is 2.13. The van der Waals surface area contributed by atoms with Gasteiger partial charge in [-0.05, 0) is 5.56 Å². The molecule has 1 aromatic rings. The molecule has 1 atom stereocenters. The van der Waals surface area contributed by atoms with E-state index in [1.165, 1.54) is 0 Å². The molecule has 1 fully saturated rings. The maximum atomic E-state index is 11.7. The van der Waals surface area contributed by atoms with Crippen molar-refractivity contribution in [1.29, 1.82) is 0 Å². The Morgan fingerprint density at radius 1 is 1.39 bits per heavy atom. The number of carbonyl (C=O) groups is 2. The van der Waals surface area contributed by atoms with E-state index in [0.29, 0.717) is 26.0 Å². The van der Waals surface area contributed by atoms with Gasteiger partial charge in [0.2, 0.25) is 0 Å². The largest absolute Gasteiger partial charge is 0.463 e. The molecule has 0 bridgehead atoms. The molecular formula is C13H15NO4. The second-order valence-corrected chi connectivity index (χ2v) is 4.13. The molecule has 5 nitrogen and oxygen atoms in total. The highest BCUT2D eigenvalue weighted by Gasteiger charge is 2.28. The van der Waals surface area contributed by atoms with Crippen LogP contribution in [0, 0.1) is 0 Å². The van der Waals surface area contributed by atoms with E-state index in [1.807, 2.05) is 30.3 Å². The maximum Gasteiger partial charge on any atom is 0.410 e. The first kappa shape index (κ1) is 12.4. The van der Waals surface area contributed by atoms with E-state index in [-0.39, 0.29) is 18.8 Å². The Hall–Kier alpha value is -2.04. The van der Waals surface area contributed by atoms with E-state index in [0.717, 1.165) is 5.56 Å². The van der Waals surface area contributed by atoms with E-state index in [9.17, 15) is 9.59 Å². The molecule has 0 aromatic heterocycles. The molecule has 0 spiro atoms. The third-order valence-electron chi connectivity index (χ3n) is 2.86. The Morgan fingerprint density at radius 3 is 2.89 bits per heavy atom. The summed E-state index contributed by atoms with van der Waals surface area (Å²) in [5.74, 6) is 0. The molecule has 0 unspecified atom stereocenters. The number of benzene rings is 1. The number of rotatable bonds is 4. The molecule has 1 aliphatic rings. The van der Waals surface area contributed by atoms with Gasteiger partial charge >= 0.3 is 6.09 Å². The van der Waals surface area contributed by atoms with Crippen LogP contribution in [0.25, 0.3) is 0 Å². The molecule has 0 radical (unpaired) electrons. The highest BCUT2D eigenvalue weighted by molar-refractivity contribution is 5.68. The minimum Gasteiger partial charge on any atom is -0.463 e. The fourth-order valence-corrected chi connectivity index (χ4v) is 1.89. The normalized spacial score (nSPS) is 18.4. The zero-order chi connectivity index (χ0) is 12.8. The average molecular weight is 249 g/mol. The molecule has 5 heteroatoms. The summed E-state index contributed by atoms with van der Waals surface area (Å²) < 4.78 is 10.00. The Bertz CT molecular complexity index is 407. The van der Waals surface area contributed by atoms with Gasteiger partial charge in [0.1, 0.15) is 12.7 Å². The van der Waals surface area contributed by atoms with Crippen molar-refractivity contribution in [2.45, 2.75) is 19.1 Å². The highest BCUT2D eigenvalue weighted by atomic mass is 16.6. The first-order valence-electron chi connectivity index (χ1n) is 5.84. The molecule has 1 amide bonds. The Morgan fingerprint density at radius 2 is 2.17 bits per heavy atom. The SMILES string of the molecule is O=CO[C@H]1CCN(C(=O)OCc2ccccc2)C1. The van der Waals surface area contributed by atoms with Gasteiger partial charge in [-0.1, -0.05) is 30.3 Å². The van der Waals surface area contributed by atoms with Crippen LogP contribution >= 0.6 is 0 Å². The molecule has 0 aliphatic carbocycles. The van der Waals surface area contributed by atoms with Crippen LogP contribution in [0.4, 0.5) is 4.79 Å². The Labute approximate surface area is 105 Å². The summed E-state index contributed by atoms with van der Waals surface area (Å²) in [4.78, 5) is 23.5. The first-order valence-corrected chi connectivity index (χ1v) is 5.84. The van der Waals surface area contributed by atoms with Gasteiger partial charge in [0.25, 0.3) is 6.47 Å². The van der Waals surface area contributed by atoms with Crippen LogP contribution in [0.3, 0.4) is 0 Å². The fourth-order valence-electron chi connectivity index (χ4n) is 1.89. The van der Waals surface area contributed by atoms with E-state index in [2.05, 4.69) is 0 Å². The number of ether oxygens (including phenoxy) is 2. The molecule has 2 rings (SSSR count). The van der Waals surface area contributed by atoms with Crippen LogP contribution in [0.1, 0.15) is 12.0 Å². The summed E-state index contributed by atoms with van der Waals surface area (Å²) in [5.41, 5.74) is 0.950. The van der Waals surface area contributed by atoms with Gasteiger partial charge in [0, 0.05) is 13.0 Å². The second-order valence-electron chi connectivity index (χ2n) is 4.13. The molecule has 1 aromatic carbocycles. The minimum absolute atomic E-state index is 0.202. The number of amides is 1. The lowest BCUT2D eigenvalue weighted by molar-refractivity contribution is -0.132. The van der Waals surface area contributed by atoms with Gasteiger partial charge in [-0.3, -0.25) is 4.79 Å². The van der Waals surface area contributed by atoms with Crippen LogP contribution in [0.15, 0.2) is 30.3 Å². The predicted octanol–water partition coefficient (Wildman–Crippen LogP) is 1.57. The summed E-state index contributed by atoms with van der Waals surface area (Å²) in [5, 5.41) is 0. The minimum atomic E-state index is -0.365. The number of nitrogens with zero attached hydrogens (tertiary/aromatic N) is 1. The number of hydrogen-bond donors (Lipinski definition) is 0. The smallest absolute Gasteiger partial charge is 0.410 e. The van der Waals surface area contributed by atoms with E-state index in [4.69, 9.17) is 9.47 Å². The summed E-state index contributed by atoms with van der Waals surface area (Å²) in [6.45, 7) is 1.65. The van der Waals surface area contributed by atoms with E-state index in [1.54, 1.807) is 4.90 Å². The van der Waals surface area contributed by atoms with Gasteiger partial charge in [-0.15, -0.1) is 0 Å². The van der Waals surface area contributed by atoms with Crippen molar-refractivity contribution in [3.63, 3.8) is 0 Å². The average Bonchev–Trinajstić information content (AvgIpc) is 2.86. The van der Waals surface area contributed by atoms with Crippen molar-refractivity contribution in [1.82, 2.24) is 4.90 Å². The van der Waals surface area contributed by atoms with Crippen LogP contribution < -0.4 is 0 Å². The van der Waals surface area contributed by atoms with E-state index >= 15 is 0 Å². The molecular weight excluding hydrogens is 234 g/mol. The van der Waals surface area contributed by atoms with Crippen molar-refractivity contribution in [3.05, 3.63) is 35.9 Å². The zero-order valence-corrected chi connectivity index (χ0v) is 9.95. The van der Waals surface area contributed by atoms with Crippen molar-refractivity contribution >= 4 is 12.6 Å². The topological polar surface area (TPSA) is 55.8 Å². The molecule has 1 aliphatic heterocycles. The van der Waals surface area contributed by atoms with Crippen LogP contribution in [-0.4, -0.2) is 36.7 Å². The lowest BCUT2D eigenvalue weighted by atomic mass is 10.2. The zero-order valence-electron chi connectivity index (χ0n) is 9.95. The summed E-state index contributed by atoms with van der Waals surface area (Å²) in [7, 11) is 0. The first-order chi connectivity index (χ1) is 8.79. The lowest BCUT2D eigenvalue weighted by Gasteiger charge is -2.15.